The Morgan fingerprint density at radius 1 is 1.47 bits per heavy atom. The third-order valence-electron chi connectivity index (χ3n) is 2.01. The van der Waals surface area contributed by atoms with Crippen LogP contribution in [0.5, 0.6) is 0 Å². The van der Waals surface area contributed by atoms with E-state index in [0.717, 1.165) is 19.4 Å². The van der Waals surface area contributed by atoms with Crippen molar-refractivity contribution in [3.63, 3.8) is 0 Å². The van der Waals surface area contributed by atoms with E-state index in [1.807, 2.05) is 0 Å². The van der Waals surface area contributed by atoms with Crippen LogP contribution < -0.4 is 5.32 Å². The minimum Gasteiger partial charge on any atom is -0.480 e. The molecule has 1 aliphatic rings. The normalized spacial score (nSPS) is 20.1. The molecule has 6 nitrogen and oxygen atoms in total. The molecule has 1 amide bonds. The van der Waals surface area contributed by atoms with E-state index in [1.165, 1.54) is 0 Å². The lowest BCUT2D eigenvalue weighted by atomic mass is 10.2. The average Bonchev–Trinajstić information content (AvgIpc) is 2.66. The SMILES string of the molecule is O=C(O)COCC(=O)NC[C@@H]1CCCO1. The highest BCUT2D eigenvalue weighted by Gasteiger charge is 2.16. The number of hydrogen-bond acceptors (Lipinski definition) is 4. The maximum absolute atomic E-state index is 11.1. The number of aliphatic carboxylic acids is 1. The molecule has 0 unspecified atom stereocenters. The molecule has 86 valence electrons. The fourth-order valence-corrected chi connectivity index (χ4v) is 1.32. The van der Waals surface area contributed by atoms with Crippen molar-refractivity contribution in [3.05, 3.63) is 0 Å². The van der Waals surface area contributed by atoms with Gasteiger partial charge in [-0.3, -0.25) is 4.79 Å². The lowest BCUT2D eigenvalue weighted by molar-refractivity contribution is -0.143. The first-order chi connectivity index (χ1) is 7.18. The molecule has 1 aliphatic heterocycles. The summed E-state index contributed by atoms with van der Waals surface area (Å²) in [5, 5.41) is 10.9. The van der Waals surface area contributed by atoms with Crippen molar-refractivity contribution in [2.75, 3.05) is 26.4 Å². The van der Waals surface area contributed by atoms with Crippen molar-refractivity contribution >= 4 is 11.9 Å². The van der Waals surface area contributed by atoms with Crippen molar-refractivity contribution in [3.8, 4) is 0 Å². The summed E-state index contributed by atoms with van der Waals surface area (Å²) < 4.78 is 9.92. The molecular weight excluding hydrogens is 202 g/mol. The molecule has 1 saturated heterocycles. The molecular formula is C9H15NO5. The number of nitrogens with one attached hydrogen (secondary N) is 1. The first-order valence-electron chi connectivity index (χ1n) is 4.86. The number of hydrogen-bond donors (Lipinski definition) is 2. The summed E-state index contributed by atoms with van der Waals surface area (Å²) >= 11 is 0. The summed E-state index contributed by atoms with van der Waals surface area (Å²) in [4.78, 5) is 21.2. The molecule has 0 radical (unpaired) electrons. The van der Waals surface area contributed by atoms with Gasteiger partial charge in [0.1, 0.15) is 13.2 Å². The summed E-state index contributed by atoms with van der Waals surface area (Å²) in [7, 11) is 0. The Kier molecular flexibility index (Phi) is 5.06. The summed E-state index contributed by atoms with van der Waals surface area (Å²) in [6.07, 6.45) is 2.07. The van der Waals surface area contributed by atoms with Gasteiger partial charge >= 0.3 is 5.97 Å². The van der Waals surface area contributed by atoms with Gasteiger partial charge < -0.3 is 19.9 Å². The highest BCUT2D eigenvalue weighted by molar-refractivity contribution is 5.77. The van der Waals surface area contributed by atoms with Crippen molar-refractivity contribution < 1.29 is 24.2 Å². The van der Waals surface area contributed by atoms with E-state index in [2.05, 4.69) is 10.1 Å². The smallest absolute Gasteiger partial charge is 0.329 e. The predicted molar refractivity (Wildman–Crippen MR) is 50.4 cm³/mol. The lowest BCUT2D eigenvalue weighted by Gasteiger charge is -2.10. The molecule has 0 saturated carbocycles. The Bertz CT molecular complexity index is 225. The Morgan fingerprint density at radius 2 is 2.27 bits per heavy atom. The van der Waals surface area contributed by atoms with E-state index in [-0.39, 0.29) is 18.6 Å². The van der Waals surface area contributed by atoms with Crippen LogP contribution in [0.2, 0.25) is 0 Å². The first-order valence-corrected chi connectivity index (χ1v) is 4.86. The minimum atomic E-state index is -1.08. The number of carbonyl (C=O) groups excluding carboxylic acids is 1. The molecule has 6 heteroatoms. The molecule has 0 bridgehead atoms. The van der Waals surface area contributed by atoms with Gasteiger partial charge in [0.15, 0.2) is 0 Å². The predicted octanol–water partition coefficient (Wildman–Crippen LogP) is -0.617. The van der Waals surface area contributed by atoms with Crippen LogP contribution in [-0.2, 0) is 19.1 Å². The van der Waals surface area contributed by atoms with Crippen molar-refractivity contribution in [2.45, 2.75) is 18.9 Å². The van der Waals surface area contributed by atoms with Crippen LogP contribution in [0.1, 0.15) is 12.8 Å². The zero-order valence-electron chi connectivity index (χ0n) is 8.40. The zero-order chi connectivity index (χ0) is 11.1. The minimum absolute atomic E-state index is 0.0911. The molecule has 0 aromatic heterocycles. The number of carboxylic acid groups (broad SMARTS) is 1. The molecule has 0 spiro atoms. The first kappa shape index (κ1) is 11.9. The van der Waals surface area contributed by atoms with Gasteiger partial charge in [0, 0.05) is 13.2 Å². The van der Waals surface area contributed by atoms with Gasteiger partial charge in [0.05, 0.1) is 6.10 Å². The van der Waals surface area contributed by atoms with E-state index in [4.69, 9.17) is 9.84 Å². The fraction of sp³-hybridized carbons (Fsp3) is 0.778. The Hall–Kier alpha value is -1.14. The van der Waals surface area contributed by atoms with Crippen LogP contribution in [0.25, 0.3) is 0 Å². The van der Waals surface area contributed by atoms with E-state index in [9.17, 15) is 9.59 Å². The van der Waals surface area contributed by atoms with Gasteiger partial charge in [-0.15, -0.1) is 0 Å². The summed E-state index contributed by atoms with van der Waals surface area (Å²) in [6.45, 7) is 0.539. The number of ether oxygens (including phenoxy) is 2. The van der Waals surface area contributed by atoms with Gasteiger partial charge in [-0.25, -0.2) is 4.79 Å². The maximum atomic E-state index is 11.1. The molecule has 2 N–H and O–H groups in total. The molecule has 1 heterocycles. The van der Waals surface area contributed by atoms with E-state index in [1.54, 1.807) is 0 Å². The molecule has 0 aromatic carbocycles. The highest BCUT2D eigenvalue weighted by Crippen LogP contribution is 2.10. The zero-order valence-corrected chi connectivity index (χ0v) is 8.40. The van der Waals surface area contributed by atoms with Crippen molar-refractivity contribution in [1.82, 2.24) is 5.32 Å². The van der Waals surface area contributed by atoms with Crippen LogP contribution in [-0.4, -0.2) is 49.5 Å². The van der Waals surface area contributed by atoms with Crippen LogP contribution in [0.15, 0.2) is 0 Å². The summed E-state index contributed by atoms with van der Waals surface area (Å²) in [6, 6.07) is 0. The van der Waals surface area contributed by atoms with Crippen molar-refractivity contribution in [1.29, 1.82) is 0 Å². The Morgan fingerprint density at radius 3 is 2.87 bits per heavy atom. The third-order valence-corrected chi connectivity index (χ3v) is 2.01. The second kappa shape index (κ2) is 6.36. The van der Waals surface area contributed by atoms with Gasteiger partial charge in [-0.05, 0) is 12.8 Å². The van der Waals surface area contributed by atoms with Gasteiger partial charge in [0.2, 0.25) is 5.91 Å². The molecule has 1 fully saturated rings. The fourth-order valence-electron chi connectivity index (χ4n) is 1.32. The van der Waals surface area contributed by atoms with E-state index in [0.29, 0.717) is 6.54 Å². The van der Waals surface area contributed by atoms with Gasteiger partial charge in [-0.2, -0.15) is 0 Å². The van der Waals surface area contributed by atoms with Crippen LogP contribution in [0.4, 0.5) is 0 Å². The summed E-state index contributed by atoms with van der Waals surface area (Å²) in [5.41, 5.74) is 0. The average molecular weight is 217 g/mol. The molecule has 1 rings (SSSR count). The lowest BCUT2D eigenvalue weighted by Crippen LogP contribution is -2.34. The standard InChI is InChI=1S/C9H15NO5/c11-8(5-14-6-9(12)13)10-4-7-2-1-3-15-7/h7H,1-6H2,(H,10,11)(H,12,13)/t7-/m0/s1. The van der Waals surface area contributed by atoms with Crippen LogP contribution in [0, 0.1) is 0 Å². The van der Waals surface area contributed by atoms with E-state index >= 15 is 0 Å². The quantitative estimate of drug-likeness (QED) is 0.619. The topological polar surface area (TPSA) is 84.9 Å². The second-order valence-electron chi connectivity index (χ2n) is 3.33. The van der Waals surface area contributed by atoms with Gasteiger partial charge in [0.25, 0.3) is 0 Å². The third kappa shape index (κ3) is 5.34. The van der Waals surface area contributed by atoms with E-state index < -0.39 is 12.6 Å². The number of carboxylic acids is 1. The monoisotopic (exact) mass is 217 g/mol. The number of rotatable bonds is 6. The summed E-state index contributed by atoms with van der Waals surface area (Å²) in [5.74, 6) is -1.39. The molecule has 0 aromatic rings. The van der Waals surface area contributed by atoms with Gasteiger partial charge in [-0.1, -0.05) is 0 Å². The Labute approximate surface area is 87.5 Å². The number of amides is 1. The number of carbonyl (C=O) groups is 2. The van der Waals surface area contributed by atoms with Crippen LogP contribution >= 0.6 is 0 Å². The largest absolute Gasteiger partial charge is 0.480 e. The van der Waals surface area contributed by atoms with Crippen molar-refractivity contribution in [2.24, 2.45) is 0 Å². The molecule has 0 aliphatic carbocycles. The second-order valence-corrected chi connectivity index (χ2v) is 3.33. The van der Waals surface area contributed by atoms with Crippen LogP contribution in [0.3, 0.4) is 0 Å². The Balaban J connectivity index is 2.00. The molecule has 1 atom stereocenters. The highest BCUT2D eigenvalue weighted by atomic mass is 16.5. The maximum Gasteiger partial charge on any atom is 0.329 e. The molecule has 15 heavy (non-hydrogen) atoms.